The summed E-state index contributed by atoms with van der Waals surface area (Å²) in [6, 6.07) is 24.5. The SMILES string of the molecule is O=C1N[C@H](Cc2ccccc2)C(=O)Nc2ccc(-c3ccccc3)cc21. The second kappa shape index (κ2) is 6.84. The van der Waals surface area contributed by atoms with Crippen LogP contribution in [0.3, 0.4) is 0 Å². The van der Waals surface area contributed by atoms with Gasteiger partial charge in [-0.15, -0.1) is 0 Å². The summed E-state index contributed by atoms with van der Waals surface area (Å²) >= 11 is 0. The Morgan fingerprint density at radius 1 is 0.769 bits per heavy atom. The highest BCUT2D eigenvalue weighted by Crippen LogP contribution is 2.27. The maximum absolute atomic E-state index is 12.7. The van der Waals surface area contributed by atoms with E-state index in [0.717, 1.165) is 16.7 Å². The van der Waals surface area contributed by atoms with E-state index in [1.54, 1.807) is 6.07 Å². The van der Waals surface area contributed by atoms with E-state index in [-0.39, 0.29) is 11.8 Å². The molecule has 3 aromatic carbocycles. The van der Waals surface area contributed by atoms with Crippen molar-refractivity contribution in [3.05, 3.63) is 90.0 Å². The fourth-order valence-corrected chi connectivity index (χ4v) is 3.17. The summed E-state index contributed by atoms with van der Waals surface area (Å²) in [7, 11) is 0. The van der Waals surface area contributed by atoms with Crippen molar-refractivity contribution in [2.75, 3.05) is 5.32 Å². The van der Waals surface area contributed by atoms with E-state index < -0.39 is 6.04 Å². The normalized spacial score (nSPS) is 16.2. The number of carbonyl (C=O) groups is 2. The third-order valence-corrected chi connectivity index (χ3v) is 4.53. The van der Waals surface area contributed by atoms with Crippen LogP contribution in [-0.4, -0.2) is 17.9 Å². The fourth-order valence-electron chi connectivity index (χ4n) is 3.17. The molecule has 0 spiro atoms. The van der Waals surface area contributed by atoms with E-state index in [4.69, 9.17) is 0 Å². The van der Waals surface area contributed by atoms with Gasteiger partial charge in [-0.25, -0.2) is 0 Å². The molecule has 1 heterocycles. The number of nitrogens with one attached hydrogen (secondary N) is 2. The van der Waals surface area contributed by atoms with Crippen molar-refractivity contribution >= 4 is 17.5 Å². The molecule has 0 bridgehead atoms. The van der Waals surface area contributed by atoms with E-state index in [1.807, 2.05) is 72.8 Å². The predicted molar refractivity (Wildman–Crippen MR) is 102 cm³/mol. The summed E-state index contributed by atoms with van der Waals surface area (Å²) < 4.78 is 0. The lowest BCUT2D eigenvalue weighted by Gasteiger charge is -2.14. The molecule has 0 aromatic heterocycles. The number of hydrogen-bond acceptors (Lipinski definition) is 2. The summed E-state index contributed by atoms with van der Waals surface area (Å²) in [6.45, 7) is 0. The molecule has 1 atom stereocenters. The van der Waals surface area contributed by atoms with Gasteiger partial charge in [0.1, 0.15) is 6.04 Å². The minimum atomic E-state index is -0.600. The minimum Gasteiger partial charge on any atom is -0.340 e. The summed E-state index contributed by atoms with van der Waals surface area (Å²) in [6.07, 6.45) is 0.456. The van der Waals surface area contributed by atoms with E-state index in [9.17, 15) is 9.59 Å². The Kier molecular flexibility index (Phi) is 4.23. The highest BCUT2D eigenvalue weighted by molar-refractivity contribution is 6.10. The second-order valence-corrected chi connectivity index (χ2v) is 6.33. The van der Waals surface area contributed by atoms with Crippen molar-refractivity contribution in [1.29, 1.82) is 0 Å². The number of amides is 2. The van der Waals surface area contributed by atoms with Crippen molar-refractivity contribution in [2.45, 2.75) is 12.5 Å². The number of carbonyl (C=O) groups excluding carboxylic acids is 2. The van der Waals surface area contributed by atoms with Crippen molar-refractivity contribution < 1.29 is 9.59 Å². The van der Waals surface area contributed by atoms with Crippen LogP contribution in [-0.2, 0) is 11.2 Å². The van der Waals surface area contributed by atoms with Gasteiger partial charge in [0.25, 0.3) is 5.91 Å². The zero-order valence-corrected chi connectivity index (χ0v) is 14.1. The second-order valence-electron chi connectivity index (χ2n) is 6.33. The van der Waals surface area contributed by atoms with Gasteiger partial charge in [0.15, 0.2) is 0 Å². The van der Waals surface area contributed by atoms with Crippen LogP contribution in [0.1, 0.15) is 15.9 Å². The van der Waals surface area contributed by atoms with Crippen LogP contribution in [0.15, 0.2) is 78.9 Å². The molecule has 0 saturated heterocycles. The average Bonchev–Trinajstić information content (AvgIpc) is 2.79. The zero-order valence-electron chi connectivity index (χ0n) is 14.1. The monoisotopic (exact) mass is 342 g/mol. The van der Waals surface area contributed by atoms with Gasteiger partial charge in [-0.1, -0.05) is 66.7 Å². The number of hydrogen-bond donors (Lipinski definition) is 2. The average molecular weight is 342 g/mol. The molecule has 0 unspecified atom stereocenters. The molecular formula is C22H18N2O2. The van der Waals surface area contributed by atoms with E-state index in [2.05, 4.69) is 10.6 Å². The molecule has 0 aliphatic carbocycles. The van der Waals surface area contributed by atoms with Crippen molar-refractivity contribution in [1.82, 2.24) is 5.32 Å². The molecule has 128 valence electrons. The van der Waals surface area contributed by atoms with Crippen molar-refractivity contribution in [3.8, 4) is 11.1 Å². The molecule has 1 aliphatic heterocycles. The molecule has 4 nitrogen and oxygen atoms in total. The lowest BCUT2D eigenvalue weighted by Crippen LogP contribution is -2.42. The maximum Gasteiger partial charge on any atom is 0.254 e. The molecule has 0 radical (unpaired) electrons. The van der Waals surface area contributed by atoms with Gasteiger partial charge in [0.05, 0.1) is 11.3 Å². The summed E-state index contributed by atoms with van der Waals surface area (Å²) in [5.74, 6) is -0.439. The van der Waals surface area contributed by atoms with Crippen LogP contribution in [0.2, 0.25) is 0 Å². The fraction of sp³-hybridized carbons (Fsp3) is 0.0909. The van der Waals surface area contributed by atoms with Gasteiger partial charge < -0.3 is 10.6 Å². The standard InChI is InChI=1S/C22H18N2O2/c25-21-18-14-17(16-9-5-2-6-10-16)11-12-19(18)23-22(26)20(24-21)13-15-7-3-1-4-8-15/h1-12,14,20H,13H2,(H,23,26)(H,24,25)/t20-/m1/s1. The van der Waals surface area contributed by atoms with Crippen LogP contribution < -0.4 is 10.6 Å². The Bertz CT molecular complexity index is 952. The van der Waals surface area contributed by atoms with E-state index >= 15 is 0 Å². The molecule has 0 saturated carbocycles. The van der Waals surface area contributed by atoms with Crippen LogP contribution in [0, 0.1) is 0 Å². The van der Waals surface area contributed by atoms with Gasteiger partial charge in [-0.3, -0.25) is 9.59 Å². The van der Waals surface area contributed by atoms with Crippen LogP contribution in [0.4, 0.5) is 5.69 Å². The first-order valence-corrected chi connectivity index (χ1v) is 8.56. The van der Waals surface area contributed by atoms with Gasteiger partial charge >= 0.3 is 0 Å². The molecule has 2 amide bonds. The predicted octanol–water partition coefficient (Wildman–Crippen LogP) is 3.65. The third kappa shape index (κ3) is 3.22. The van der Waals surface area contributed by atoms with Gasteiger partial charge in [0, 0.05) is 6.42 Å². The van der Waals surface area contributed by atoms with Crippen LogP contribution in [0.25, 0.3) is 11.1 Å². The summed E-state index contributed by atoms with van der Waals surface area (Å²) in [5, 5.41) is 5.74. The zero-order chi connectivity index (χ0) is 17.9. The molecular weight excluding hydrogens is 324 g/mol. The largest absolute Gasteiger partial charge is 0.340 e. The van der Waals surface area contributed by atoms with E-state index in [0.29, 0.717) is 17.7 Å². The Labute approximate surface area is 151 Å². The molecule has 1 aliphatic rings. The lowest BCUT2D eigenvalue weighted by molar-refractivity contribution is -0.117. The van der Waals surface area contributed by atoms with Gasteiger partial charge in [-0.2, -0.15) is 0 Å². The van der Waals surface area contributed by atoms with Crippen molar-refractivity contribution in [3.63, 3.8) is 0 Å². The third-order valence-electron chi connectivity index (χ3n) is 4.53. The lowest BCUT2D eigenvalue weighted by atomic mass is 10.0. The molecule has 4 rings (SSSR count). The molecule has 26 heavy (non-hydrogen) atoms. The first kappa shape index (κ1) is 16.1. The van der Waals surface area contributed by atoms with E-state index in [1.165, 1.54) is 0 Å². The first-order valence-electron chi connectivity index (χ1n) is 8.56. The van der Waals surface area contributed by atoms with Crippen LogP contribution >= 0.6 is 0 Å². The Morgan fingerprint density at radius 3 is 2.19 bits per heavy atom. The van der Waals surface area contributed by atoms with Gasteiger partial charge in [-0.05, 0) is 28.8 Å². The highest BCUT2D eigenvalue weighted by atomic mass is 16.2. The maximum atomic E-state index is 12.7. The number of fused-ring (bicyclic) bond motifs is 1. The smallest absolute Gasteiger partial charge is 0.254 e. The Hall–Kier alpha value is -3.40. The molecule has 3 aromatic rings. The Balaban J connectivity index is 1.63. The first-order chi connectivity index (χ1) is 12.7. The Morgan fingerprint density at radius 2 is 1.46 bits per heavy atom. The highest BCUT2D eigenvalue weighted by Gasteiger charge is 2.28. The van der Waals surface area contributed by atoms with Crippen molar-refractivity contribution in [2.24, 2.45) is 0 Å². The van der Waals surface area contributed by atoms with Gasteiger partial charge in [0.2, 0.25) is 5.91 Å². The summed E-state index contributed by atoms with van der Waals surface area (Å²) in [4.78, 5) is 25.3. The molecule has 0 fully saturated rings. The summed E-state index contributed by atoms with van der Waals surface area (Å²) in [5.41, 5.74) is 4.00. The quantitative estimate of drug-likeness (QED) is 0.763. The number of rotatable bonds is 3. The molecule has 4 heteroatoms. The number of benzene rings is 3. The molecule has 2 N–H and O–H groups in total. The topological polar surface area (TPSA) is 58.2 Å². The van der Waals surface area contributed by atoms with Crippen LogP contribution in [0.5, 0.6) is 0 Å². The minimum absolute atomic E-state index is 0.201. The number of anilines is 1.